The van der Waals surface area contributed by atoms with Crippen LogP contribution in [0.5, 0.6) is 0 Å². The van der Waals surface area contributed by atoms with Crippen LogP contribution in [-0.2, 0) is 9.59 Å². The third kappa shape index (κ3) is 2.44. The maximum absolute atomic E-state index is 11.0. The van der Waals surface area contributed by atoms with Gasteiger partial charge in [-0.2, -0.15) is 0 Å². The third-order valence-electron chi connectivity index (χ3n) is 2.73. The Labute approximate surface area is 77.3 Å². The molecule has 0 aromatic rings. The van der Waals surface area contributed by atoms with E-state index in [1.807, 2.05) is 6.92 Å². The fourth-order valence-corrected chi connectivity index (χ4v) is 1.75. The first-order valence-corrected chi connectivity index (χ1v) is 4.61. The maximum Gasteiger partial charge on any atom is 0.303 e. The largest absolute Gasteiger partial charge is 0.481 e. The molecule has 4 nitrogen and oxygen atoms in total. The molecule has 0 aromatic heterocycles. The number of hydrogen-bond donors (Lipinski definition) is 2. The average Bonchev–Trinajstić information content (AvgIpc) is 2.45. The number of hydrogen-bond acceptors (Lipinski definition) is 2. The van der Waals surface area contributed by atoms with Crippen LogP contribution in [0.15, 0.2) is 0 Å². The maximum atomic E-state index is 11.0. The van der Waals surface area contributed by atoms with Crippen LogP contribution in [0.2, 0.25) is 0 Å². The molecule has 1 amide bonds. The van der Waals surface area contributed by atoms with Gasteiger partial charge in [0.05, 0.1) is 0 Å². The lowest BCUT2D eigenvalue weighted by molar-refractivity contribution is -0.137. The zero-order valence-corrected chi connectivity index (χ0v) is 7.80. The molecule has 0 bridgehead atoms. The molecule has 0 saturated carbocycles. The molecule has 0 aromatic carbocycles. The lowest BCUT2D eigenvalue weighted by atomic mass is 9.89. The Morgan fingerprint density at radius 1 is 1.69 bits per heavy atom. The lowest BCUT2D eigenvalue weighted by Crippen LogP contribution is -2.41. The van der Waals surface area contributed by atoms with E-state index in [2.05, 4.69) is 5.32 Å². The van der Waals surface area contributed by atoms with Crippen molar-refractivity contribution in [1.29, 1.82) is 0 Å². The summed E-state index contributed by atoms with van der Waals surface area (Å²) in [7, 11) is 0. The summed E-state index contributed by atoms with van der Waals surface area (Å²) in [6, 6.07) is 0. The predicted molar refractivity (Wildman–Crippen MR) is 47.3 cm³/mol. The van der Waals surface area contributed by atoms with Crippen molar-refractivity contribution in [2.75, 3.05) is 0 Å². The molecule has 1 atom stereocenters. The van der Waals surface area contributed by atoms with Gasteiger partial charge >= 0.3 is 5.97 Å². The Hall–Kier alpha value is -1.06. The van der Waals surface area contributed by atoms with Crippen LogP contribution in [0.25, 0.3) is 0 Å². The van der Waals surface area contributed by atoms with Crippen molar-refractivity contribution >= 4 is 11.9 Å². The topological polar surface area (TPSA) is 66.4 Å². The SMILES string of the molecule is CCC1(CCC(=O)O)CCC(=O)N1. The van der Waals surface area contributed by atoms with E-state index in [0.717, 1.165) is 12.8 Å². The number of aliphatic carboxylic acids is 1. The summed E-state index contributed by atoms with van der Waals surface area (Å²) < 4.78 is 0. The minimum Gasteiger partial charge on any atom is -0.481 e. The van der Waals surface area contributed by atoms with Crippen LogP contribution in [0.4, 0.5) is 0 Å². The van der Waals surface area contributed by atoms with Gasteiger partial charge in [0.25, 0.3) is 0 Å². The van der Waals surface area contributed by atoms with Crippen molar-refractivity contribution in [1.82, 2.24) is 5.32 Å². The molecule has 2 N–H and O–H groups in total. The number of carbonyl (C=O) groups excluding carboxylic acids is 1. The Balaban J connectivity index is 2.50. The monoisotopic (exact) mass is 185 g/mol. The first-order valence-electron chi connectivity index (χ1n) is 4.61. The first kappa shape index (κ1) is 10.0. The Kier molecular flexibility index (Phi) is 2.90. The minimum atomic E-state index is -0.797. The van der Waals surface area contributed by atoms with Crippen molar-refractivity contribution in [3.8, 4) is 0 Å². The van der Waals surface area contributed by atoms with Gasteiger partial charge in [0, 0.05) is 18.4 Å². The highest BCUT2D eigenvalue weighted by atomic mass is 16.4. The predicted octanol–water partition coefficient (Wildman–Crippen LogP) is 0.910. The summed E-state index contributed by atoms with van der Waals surface area (Å²) in [5.41, 5.74) is -0.241. The number of carbonyl (C=O) groups is 2. The molecule has 1 rings (SSSR count). The van der Waals surface area contributed by atoms with Gasteiger partial charge in [0.15, 0.2) is 0 Å². The number of nitrogens with one attached hydrogen (secondary N) is 1. The molecular formula is C9H15NO3. The van der Waals surface area contributed by atoms with Crippen LogP contribution in [0.3, 0.4) is 0 Å². The van der Waals surface area contributed by atoms with Crippen molar-refractivity contribution in [3.63, 3.8) is 0 Å². The molecule has 0 aliphatic carbocycles. The summed E-state index contributed by atoms with van der Waals surface area (Å²) in [6.07, 6.45) is 2.80. The highest BCUT2D eigenvalue weighted by Crippen LogP contribution is 2.28. The summed E-state index contributed by atoms with van der Waals surface area (Å²) in [6.45, 7) is 1.98. The zero-order chi connectivity index (χ0) is 9.90. The molecule has 0 spiro atoms. The fourth-order valence-electron chi connectivity index (χ4n) is 1.75. The molecule has 1 fully saturated rings. The molecule has 1 aliphatic rings. The third-order valence-corrected chi connectivity index (χ3v) is 2.73. The molecule has 1 saturated heterocycles. The normalized spacial score (nSPS) is 27.3. The summed E-state index contributed by atoms with van der Waals surface area (Å²) in [5.74, 6) is -0.749. The lowest BCUT2D eigenvalue weighted by Gasteiger charge is -2.26. The summed E-state index contributed by atoms with van der Waals surface area (Å²) in [5, 5.41) is 11.4. The van der Waals surface area contributed by atoms with E-state index >= 15 is 0 Å². The molecule has 74 valence electrons. The van der Waals surface area contributed by atoms with Gasteiger partial charge in [-0.25, -0.2) is 0 Å². The standard InChI is InChI=1S/C9H15NO3/c1-2-9(6-4-8(12)13)5-3-7(11)10-9/h2-6H2,1H3,(H,10,11)(H,12,13). The van der Waals surface area contributed by atoms with Gasteiger partial charge in [-0.1, -0.05) is 6.92 Å². The van der Waals surface area contributed by atoms with E-state index in [1.165, 1.54) is 0 Å². The molecular weight excluding hydrogens is 170 g/mol. The van der Waals surface area contributed by atoms with Gasteiger partial charge in [-0.05, 0) is 19.3 Å². The molecule has 0 radical (unpaired) electrons. The number of carboxylic acids is 1. The van der Waals surface area contributed by atoms with Gasteiger partial charge in [0.1, 0.15) is 0 Å². The van der Waals surface area contributed by atoms with Gasteiger partial charge in [-0.3, -0.25) is 9.59 Å². The molecule has 13 heavy (non-hydrogen) atoms. The zero-order valence-electron chi connectivity index (χ0n) is 7.80. The highest BCUT2D eigenvalue weighted by molar-refractivity contribution is 5.79. The Morgan fingerprint density at radius 2 is 2.38 bits per heavy atom. The van der Waals surface area contributed by atoms with Crippen LogP contribution in [0.1, 0.15) is 39.0 Å². The van der Waals surface area contributed by atoms with E-state index in [-0.39, 0.29) is 17.9 Å². The van der Waals surface area contributed by atoms with Crippen LogP contribution >= 0.6 is 0 Å². The van der Waals surface area contributed by atoms with E-state index in [0.29, 0.717) is 12.8 Å². The fraction of sp³-hybridized carbons (Fsp3) is 0.778. The Morgan fingerprint density at radius 3 is 2.77 bits per heavy atom. The van der Waals surface area contributed by atoms with Crippen LogP contribution < -0.4 is 5.32 Å². The van der Waals surface area contributed by atoms with E-state index < -0.39 is 5.97 Å². The quantitative estimate of drug-likeness (QED) is 0.684. The molecule has 1 unspecified atom stereocenters. The van der Waals surface area contributed by atoms with Crippen molar-refractivity contribution in [3.05, 3.63) is 0 Å². The van der Waals surface area contributed by atoms with Crippen molar-refractivity contribution in [2.24, 2.45) is 0 Å². The van der Waals surface area contributed by atoms with Crippen LogP contribution in [-0.4, -0.2) is 22.5 Å². The van der Waals surface area contributed by atoms with Gasteiger partial charge < -0.3 is 10.4 Å². The first-order chi connectivity index (χ1) is 6.08. The van der Waals surface area contributed by atoms with Crippen molar-refractivity contribution < 1.29 is 14.7 Å². The smallest absolute Gasteiger partial charge is 0.303 e. The molecule has 4 heteroatoms. The number of rotatable bonds is 4. The highest BCUT2D eigenvalue weighted by Gasteiger charge is 2.35. The average molecular weight is 185 g/mol. The minimum absolute atomic E-state index is 0.0484. The van der Waals surface area contributed by atoms with Crippen LogP contribution in [0, 0.1) is 0 Å². The Bertz CT molecular complexity index is 227. The van der Waals surface area contributed by atoms with Crippen molar-refractivity contribution in [2.45, 2.75) is 44.6 Å². The summed E-state index contributed by atoms with van der Waals surface area (Å²) >= 11 is 0. The summed E-state index contributed by atoms with van der Waals surface area (Å²) in [4.78, 5) is 21.4. The number of amides is 1. The van der Waals surface area contributed by atoms with E-state index in [4.69, 9.17) is 5.11 Å². The number of carboxylic acid groups (broad SMARTS) is 1. The van der Waals surface area contributed by atoms with Gasteiger partial charge in [0.2, 0.25) is 5.91 Å². The van der Waals surface area contributed by atoms with Gasteiger partial charge in [-0.15, -0.1) is 0 Å². The van der Waals surface area contributed by atoms with E-state index in [1.54, 1.807) is 0 Å². The molecule has 1 aliphatic heterocycles. The second kappa shape index (κ2) is 3.77. The second-order valence-corrected chi connectivity index (χ2v) is 3.58. The van der Waals surface area contributed by atoms with E-state index in [9.17, 15) is 9.59 Å². The second-order valence-electron chi connectivity index (χ2n) is 3.58. The molecule has 1 heterocycles.